The normalized spacial score (nSPS) is 26.9. The average Bonchev–Trinajstić information content (AvgIpc) is 3.00. The summed E-state index contributed by atoms with van der Waals surface area (Å²) in [5, 5.41) is 10.5. The van der Waals surface area contributed by atoms with Gasteiger partial charge < -0.3 is 14.6 Å². The minimum absolute atomic E-state index is 0.226. The molecule has 1 aromatic rings. The third-order valence-corrected chi connectivity index (χ3v) is 4.52. The zero-order valence-electron chi connectivity index (χ0n) is 12.0. The summed E-state index contributed by atoms with van der Waals surface area (Å²) in [5.41, 5.74) is 1.17. The lowest BCUT2D eigenvalue weighted by Gasteiger charge is -2.29. The highest BCUT2D eigenvalue weighted by Crippen LogP contribution is 2.36. The van der Waals surface area contributed by atoms with Crippen LogP contribution in [-0.2, 0) is 4.74 Å². The van der Waals surface area contributed by atoms with Gasteiger partial charge in [-0.15, -0.1) is 0 Å². The molecule has 0 saturated carbocycles. The van der Waals surface area contributed by atoms with Crippen molar-refractivity contribution in [2.75, 3.05) is 13.2 Å². The highest BCUT2D eigenvalue weighted by Gasteiger charge is 2.27. The van der Waals surface area contributed by atoms with Gasteiger partial charge in [0.15, 0.2) is 0 Å². The Morgan fingerprint density at radius 3 is 2.95 bits per heavy atom. The van der Waals surface area contributed by atoms with Gasteiger partial charge in [0, 0.05) is 12.5 Å². The third kappa shape index (κ3) is 3.15. The highest BCUT2D eigenvalue weighted by molar-refractivity contribution is 5.38. The molecule has 20 heavy (non-hydrogen) atoms. The van der Waals surface area contributed by atoms with Gasteiger partial charge in [-0.2, -0.15) is 0 Å². The third-order valence-electron chi connectivity index (χ3n) is 4.52. The molecule has 1 N–H and O–H groups in total. The lowest BCUT2D eigenvalue weighted by Crippen LogP contribution is -2.25. The van der Waals surface area contributed by atoms with Gasteiger partial charge in [0.1, 0.15) is 5.75 Å². The maximum atomic E-state index is 10.5. The number of aliphatic hydroxyl groups excluding tert-OH is 1. The predicted octanol–water partition coefficient (Wildman–Crippen LogP) is 3.26. The fourth-order valence-corrected chi connectivity index (χ4v) is 3.40. The maximum absolute atomic E-state index is 10.5. The molecule has 0 aromatic heterocycles. The zero-order chi connectivity index (χ0) is 13.8. The van der Waals surface area contributed by atoms with Crippen LogP contribution in [0.25, 0.3) is 0 Å². The molecule has 3 nitrogen and oxygen atoms in total. The van der Waals surface area contributed by atoms with Gasteiger partial charge in [-0.1, -0.05) is 18.2 Å². The lowest BCUT2D eigenvalue weighted by atomic mass is 9.86. The Morgan fingerprint density at radius 1 is 1.20 bits per heavy atom. The Hall–Kier alpha value is -1.06. The van der Waals surface area contributed by atoms with Gasteiger partial charge in [-0.05, 0) is 50.2 Å². The number of hydrogen-bond donors (Lipinski definition) is 1. The second kappa shape index (κ2) is 6.59. The largest absolute Gasteiger partial charge is 0.493 e. The van der Waals surface area contributed by atoms with Crippen molar-refractivity contribution in [1.82, 2.24) is 0 Å². The maximum Gasteiger partial charge on any atom is 0.122 e. The molecule has 110 valence electrons. The first-order valence-electron chi connectivity index (χ1n) is 7.86. The van der Waals surface area contributed by atoms with E-state index in [1.54, 1.807) is 0 Å². The van der Waals surface area contributed by atoms with Crippen LogP contribution in [0.4, 0.5) is 0 Å². The molecular weight excluding hydrogens is 252 g/mol. The molecule has 3 atom stereocenters. The Morgan fingerprint density at radius 2 is 2.10 bits per heavy atom. The van der Waals surface area contributed by atoms with Crippen molar-refractivity contribution < 1.29 is 14.6 Å². The molecule has 3 heteroatoms. The quantitative estimate of drug-likeness (QED) is 0.897. The molecule has 2 heterocycles. The molecule has 2 aliphatic heterocycles. The zero-order valence-corrected chi connectivity index (χ0v) is 12.0. The summed E-state index contributed by atoms with van der Waals surface area (Å²) in [7, 11) is 0. The van der Waals surface area contributed by atoms with Crippen LogP contribution in [0.5, 0.6) is 5.75 Å². The van der Waals surface area contributed by atoms with Crippen molar-refractivity contribution in [2.45, 2.75) is 56.7 Å². The first-order chi connectivity index (χ1) is 9.84. The SMILES string of the molecule is OC(CCCC1CCCO1)C1CCOc2ccccc21. The van der Waals surface area contributed by atoms with Crippen molar-refractivity contribution in [3.63, 3.8) is 0 Å². The highest BCUT2D eigenvalue weighted by atomic mass is 16.5. The Bertz CT molecular complexity index is 426. The van der Waals surface area contributed by atoms with E-state index < -0.39 is 0 Å². The van der Waals surface area contributed by atoms with Crippen LogP contribution < -0.4 is 4.74 Å². The monoisotopic (exact) mass is 276 g/mol. The standard InChI is InChI=1S/C17H24O3/c18-16(8-3-5-13-6-4-11-19-13)14-10-12-20-17-9-2-1-7-15(14)17/h1-2,7,9,13-14,16,18H,3-6,8,10-12H2. The van der Waals surface area contributed by atoms with Gasteiger partial charge in [0.2, 0.25) is 0 Å². The predicted molar refractivity (Wildman–Crippen MR) is 78.1 cm³/mol. The Balaban J connectivity index is 1.53. The average molecular weight is 276 g/mol. The van der Waals surface area contributed by atoms with Gasteiger partial charge >= 0.3 is 0 Å². The minimum atomic E-state index is -0.263. The molecule has 1 aromatic carbocycles. The number of hydrogen-bond acceptors (Lipinski definition) is 3. The van der Waals surface area contributed by atoms with E-state index >= 15 is 0 Å². The first kappa shape index (κ1) is 13.9. The molecule has 0 bridgehead atoms. The molecule has 0 spiro atoms. The van der Waals surface area contributed by atoms with Crippen LogP contribution in [-0.4, -0.2) is 30.5 Å². The topological polar surface area (TPSA) is 38.7 Å². The fraction of sp³-hybridized carbons (Fsp3) is 0.647. The molecule has 1 fully saturated rings. The van der Waals surface area contributed by atoms with Crippen molar-refractivity contribution in [2.24, 2.45) is 0 Å². The molecule has 0 radical (unpaired) electrons. The lowest BCUT2D eigenvalue weighted by molar-refractivity contribution is 0.0828. The van der Waals surface area contributed by atoms with Crippen LogP contribution >= 0.6 is 0 Å². The van der Waals surface area contributed by atoms with Crippen LogP contribution in [0, 0.1) is 0 Å². The van der Waals surface area contributed by atoms with E-state index in [1.807, 2.05) is 18.2 Å². The van der Waals surface area contributed by atoms with Crippen LogP contribution in [0.3, 0.4) is 0 Å². The summed E-state index contributed by atoms with van der Waals surface area (Å²) in [4.78, 5) is 0. The minimum Gasteiger partial charge on any atom is -0.493 e. The van der Waals surface area contributed by atoms with Crippen LogP contribution in [0.2, 0.25) is 0 Å². The number of fused-ring (bicyclic) bond motifs is 1. The van der Waals surface area contributed by atoms with Gasteiger partial charge in [-0.25, -0.2) is 0 Å². The summed E-state index contributed by atoms with van der Waals surface area (Å²) in [6, 6.07) is 8.10. The molecule has 3 unspecified atom stereocenters. The smallest absolute Gasteiger partial charge is 0.122 e. The number of ether oxygens (including phenoxy) is 2. The summed E-state index contributed by atoms with van der Waals surface area (Å²) in [6.45, 7) is 1.63. The van der Waals surface area contributed by atoms with E-state index in [9.17, 15) is 5.11 Å². The molecule has 0 amide bonds. The van der Waals surface area contributed by atoms with Crippen LogP contribution in [0.1, 0.15) is 50.0 Å². The Kier molecular flexibility index (Phi) is 4.58. The van der Waals surface area contributed by atoms with Crippen molar-refractivity contribution in [3.05, 3.63) is 29.8 Å². The first-order valence-corrected chi connectivity index (χ1v) is 7.86. The molecule has 2 aliphatic rings. The molecular formula is C17H24O3. The van der Waals surface area contributed by atoms with Crippen molar-refractivity contribution >= 4 is 0 Å². The summed E-state index contributed by atoms with van der Waals surface area (Å²) in [6.07, 6.45) is 6.46. The number of aliphatic hydroxyl groups is 1. The van der Waals surface area contributed by atoms with Gasteiger partial charge in [0.25, 0.3) is 0 Å². The Labute approximate surface area is 120 Å². The second-order valence-electron chi connectivity index (χ2n) is 5.91. The van der Waals surface area contributed by atoms with Crippen molar-refractivity contribution in [3.8, 4) is 5.75 Å². The van der Waals surface area contributed by atoms with E-state index in [0.29, 0.717) is 12.7 Å². The van der Waals surface area contributed by atoms with Gasteiger partial charge in [0.05, 0.1) is 18.8 Å². The fourth-order valence-electron chi connectivity index (χ4n) is 3.40. The summed E-state index contributed by atoms with van der Waals surface area (Å²) >= 11 is 0. The number of rotatable bonds is 5. The summed E-state index contributed by atoms with van der Waals surface area (Å²) < 4.78 is 11.3. The number of para-hydroxylation sites is 1. The second-order valence-corrected chi connectivity index (χ2v) is 5.91. The van der Waals surface area contributed by atoms with E-state index in [1.165, 1.54) is 18.4 Å². The molecule has 3 rings (SSSR count). The number of benzene rings is 1. The molecule has 0 aliphatic carbocycles. The van der Waals surface area contributed by atoms with E-state index in [0.717, 1.165) is 38.0 Å². The van der Waals surface area contributed by atoms with Gasteiger partial charge in [-0.3, -0.25) is 0 Å². The molecule has 1 saturated heterocycles. The van der Waals surface area contributed by atoms with Crippen LogP contribution in [0.15, 0.2) is 24.3 Å². The van der Waals surface area contributed by atoms with E-state index in [4.69, 9.17) is 9.47 Å². The summed E-state index contributed by atoms with van der Waals surface area (Å²) in [5.74, 6) is 1.17. The van der Waals surface area contributed by atoms with E-state index in [2.05, 4.69) is 6.07 Å². The van der Waals surface area contributed by atoms with E-state index in [-0.39, 0.29) is 12.0 Å². The van der Waals surface area contributed by atoms with Crippen molar-refractivity contribution in [1.29, 1.82) is 0 Å².